The van der Waals surface area contributed by atoms with Gasteiger partial charge in [-0.25, -0.2) is 9.07 Å². The van der Waals surface area contributed by atoms with Crippen LogP contribution in [-0.2, 0) is 6.54 Å². The molecule has 1 heterocycles. The molecule has 0 amide bonds. The first kappa shape index (κ1) is 7.07. The zero-order chi connectivity index (χ0) is 7.40. The molecule has 0 spiro atoms. The van der Waals surface area contributed by atoms with Crippen LogP contribution in [0, 0.1) is 0 Å². The van der Waals surface area contributed by atoms with Crippen LogP contribution >= 0.6 is 0 Å². The van der Waals surface area contributed by atoms with E-state index in [9.17, 15) is 4.39 Å². The van der Waals surface area contributed by atoms with Gasteiger partial charge in [0.15, 0.2) is 0 Å². The molecular formula is C4H8FN5. The van der Waals surface area contributed by atoms with Crippen LogP contribution in [0.3, 0.4) is 0 Å². The zero-order valence-corrected chi connectivity index (χ0v) is 5.31. The predicted octanol–water partition coefficient (Wildman–Crippen LogP) is -1.03. The first-order valence-electron chi connectivity index (χ1n) is 2.88. The van der Waals surface area contributed by atoms with Gasteiger partial charge in [0, 0.05) is 6.54 Å². The predicted molar refractivity (Wildman–Crippen MR) is 31.8 cm³/mol. The largest absolute Gasteiger partial charge is 0.328 e. The highest BCUT2D eigenvalue weighted by molar-refractivity contribution is 4.57. The smallest absolute Gasteiger partial charge is 0.138 e. The molecular weight excluding hydrogens is 137 g/mol. The number of hydrogen-bond donors (Lipinski definition) is 1. The summed E-state index contributed by atoms with van der Waals surface area (Å²) in [6, 6.07) is 0. The average Bonchev–Trinajstić information content (AvgIpc) is 2.40. The Morgan fingerprint density at radius 1 is 1.70 bits per heavy atom. The molecule has 5 nitrogen and oxygen atoms in total. The molecule has 1 aromatic rings. The minimum Gasteiger partial charge on any atom is -0.328 e. The Kier molecular flexibility index (Phi) is 2.27. The monoisotopic (exact) mass is 145 g/mol. The van der Waals surface area contributed by atoms with Crippen molar-refractivity contribution in [2.75, 3.05) is 6.54 Å². The van der Waals surface area contributed by atoms with Gasteiger partial charge in [-0.15, -0.1) is 5.10 Å². The molecule has 0 bridgehead atoms. The van der Waals surface area contributed by atoms with Crippen LogP contribution < -0.4 is 5.73 Å². The number of halogens is 1. The maximum absolute atomic E-state index is 12.5. The summed E-state index contributed by atoms with van der Waals surface area (Å²) < 4.78 is 13.8. The number of tetrazole rings is 1. The van der Waals surface area contributed by atoms with Gasteiger partial charge in [0.25, 0.3) is 0 Å². The van der Waals surface area contributed by atoms with E-state index in [2.05, 4.69) is 15.5 Å². The van der Waals surface area contributed by atoms with Crippen molar-refractivity contribution in [1.82, 2.24) is 20.2 Å². The van der Waals surface area contributed by atoms with E-state index < -0.39 is 6.17 Å². The Morgan fingerprint density at radius 2 is 2.50 bits per heavy atom. The van der Waals surface area contributed by atoms with Crippen molar-refractivity contribution in [2.24, 2.45) is 5.73 Å². The molecule has 6 heteroatoms. The lowest BCUT2D eigenvalue weighted by molar-refractivity contribution is 0.290. The summed E-state index contributed by atoms with van der Waals surface area (Å²) >= 11 is 0. The third kappa shape index (κ3) is 1.73. The van der Waals surface area contributed by atoms with Crippen LogP contribution in [0.1, 0.15) is 0 Å². The molecule has 56 valence electrons. The summed E-state index contributed by atoms with van der Waals surface area (Å²) in [6.07, 6.45) is 0.283. The molecule has 0 saturated heterocycles. The summed E-state index contributed by atoms with van der Waals surface area (Å²) in [5.74, 6) is 0. The highest BCUT2D eigenvalue weighted by Gasteiger charge is 2.04. The SMILES string of the molecule is NCC(F)Cn1cnnn1. The van der Waals surface area contributed by atoms with Gasteiger partial charge < -0.3 is 5.73 Å². The van der Waals surface area contributed by atoms with Crippen LogP contribution in [0.25, 0.3) is 0 Å². The summed E-state index contributed by atoms with van der Waals surface area (Å²) in [5, 5.41) is 10.1. The lowest BCUT2D eigenvalue weighted by Gasteiger charge is -2.01. The van der Waals surface area contributed by atoms with Crippen LogP contribution in [0.15, 0.2) is 6.33 Å². The van der Waals surface area contributed by atoms with Crippen molar-refractivity contribution in [3.63, 3.8) is 0 Å². The average molecular weight is 145 g/mol. The van der Waals surface area contributed by atoms with E-state index in [1.54, 1.807) is 0 Å². The van der Waals surface area contributed by atoms with E-state index >= 15 is 0 Å². The molecule has 0 saturated carbocycles. The number of nitrogens with two attached hydrogens (primary N) is 1. The normalized spacial score (nSPS) is 13.4. The standard InChI is InChI=1S/C4H8FN5/c5-4(1-6)2-10-3-7-8-9-10/h3-4H,1-2,6H2. The highest BCUT2D eigenvalue weighted by atomic mass is 19.1. The van der Waals surface area contributed by atoms with E-state index in [0.717, 1.165) is 0 Å². The second-order valence-electron chi connectivity index (χ2n) is 1.86. The Labute approximate surface area is 57.0 Å². The molecule has 0 radical (unpaired) electrons. The summed E-state index contributed by atoms with van der Waals surface area (Å²) in [7, 11) is 0. The first-order chi connectivity index (χ1) is 4.83. The molecule has 0 aliphatic rings. The van der Waals surface area contributed by atoms with Crippen molar-refractivity contribution in [1.29, 1.82) is 0 Å². The third-order valence-corrected chi connectivity index (χ3v) is 1.03. The Bertz CT molecular complexity index is 174. The summed E-state index contributed by atoms with van der Waals surface area (Å²) in [5.41, 5.74) is 5.03. The van der Waals surface area contributed by atoms with Crippen molar-refractivity contribution < 1.29 is 4.39 Å². The van der Waals surface area contributed by atoms with Gasteiger partial charge in [-0.2, -0.15) is 0 Å². The highest BCUT2D eigenvalue weighted by Crippen LogP contribution is 1.90. The first-order valence-corrected chi connectivity index (χ1v) is 2.88. The quantitative estimate of drug-likeness (QED) is 0.590. The van der Waals surface area contributed by atoms with Crippen LogP contribution in [0.5, 0.6) is 0 Å². The van der Waals surface area contributed by atoms with Gasteiger partial charge >= 0.3 is 0 Å². The summed E-state index contributed by atoms with van der Waals surface area (Å²) in [6.45, 7) is 0.128. The minimum absolute atomic E-state index is 0.000139. The zero-order valence-electron chi connectivity index (χ0n) is 5.31. The van der Waals surface area contributed by atoms with Gasteiger partial charge in [0.05, 0.1) is 6.54 Å². The fourth-order valence-corrected chi connectivity index (χ4v) is 0.541. The third-order valence-electron chi connectivity index (χ3n) is 1.03. The molecule has 0 aliphatic heterocycles. The maximum Gasteiger partial charge on any atom is 0.138 e. The number of aromatic nitrogens is 4. The Hall–Kier alpha value is -1.04. The number of rotatable bonds is 3. The Morgan fingerprint density at radius 3 is 3.00 bits per heavy atom. The molecule has 1 unspecified atom stereocenters. The van der Waals surface area contributed by atoms with Crippen LogP contribution in [-0.4, -0.2) is 32.9 Å². The van der Waals surface area contributed by atoms with E-state index in [1.165, 1.54) is 11.0 Å². The second kappa shape index (κ2) is 3.21. The fraction of sp³-hybridized carbons (Fsp3) is 0.750. The van der Waals surface area contributed by atoms with Gasteiger partial charge in [0.1, 0.15) is 12.5 Å². The fourth-order valence-electron chi connectivity index (χ4n) is 0.541. The molecule has 0 aliphatic carbocycles. The number of hydrogen-bond acceptors (Lipinski definition) is 4. The van der Waals surface area contributed by atoms with Gasteiger partial charge in [-0.05, 0) is 10.4 Å². The van der Waals surface area contributed by atoms with Crippen LogP contribution in [0.4, 0.5) is 4.39 Å². The van der Waals surface area contributed by atoms with Gasteiger partial charge in [-0.3, -0.25) is 0 Å². The molecule has 1 aromatic heterocycles. The molecule has 1 atom stereocenters. The van der Waals surface area contributed by atoms with Crippen molar-refractivity contribution in [2.45, 2.75) is 12.7 Å². The molecule has 2 N–H and O–H groups in total. The summed E-state index contributed by atoms with van der Waals surface area (Å²) in [4.78, 5) is 0. The Balaban J connectivity index is 2.40. The van der Waals surface area contributed by atoms with Crippen molar-refractivity contribution >= 4 is 0 Å². The van der Waals surface area contributed by atoms with Gasteiger partial charge in [0.2, 0.25) is 0 Å². The van der Waals surface area contributed by atoms with Gasteiger partial charge in [-0.1, -0.05) is 0 Å². The number of nitrogens with zero attached hydrogens (tertiary/aromatic N) is 4. The lowest BCUT2D eigenvalue weighted by Crippen LogP contribution is -2.21. The van der Waals surface area contributed by atoms with E-state index in [0.29, 0.717) is 0 Å². The van der Waals surface area contributed by atoms with Crippen molar-refractivity contribution in [3.05, 3.63) is 6.33 Å². The van der Waals surface area contributed by atoms with Crippen molar-refractivity contribution in [3.8, 4) is 0 Å². The molecule has 0 fully saturated rings. The van der Waals surface area contributed by atoms with E-state index in [4.69, 9.17) is 5.73 Å². The lowest BCUT2D eigenvalue weighted by atomic mass is 10.4. The molecule has 0 aromatic carbocycles. The molecule has 10 heavy (non-hydrogen) atoms. The van der Waals surface area contributed by atoms with Crippen LogP contribution in [0.2, 0.25) is 0 Å². The topological polar surface area (TPSA) is 69.6 Å². The second-order valence-corrected chi connectivity index (χ2v) is 1.86. The molecule has 1 rings (SSSR count). The number of alkyl halides is 1. The van der Waals surface area contributed by atoms with E-state index in [1.807, 2.05) is 0 Å². The minimum atomic E-state index is -1.07. The van der Waals surface area contributed by atoms with E-state index in [-0.39, 0.29) is 13.1 Å². The maximum atomic E-state index is 12.5.